The Hall–Kier alpha value is -4.02. The van der Waals surface area contributed by atoms with Gasteiger partial charge in [-0.15, -0.1) is 0 Å². The fourth-order valence-corrected chi connectivity index (χ4v) is 2.75. The molecule has 0 bridgehead atoms. The average molecular weight is 410 g/mol. The normalized spacial score (nSPS) is 11.5. The summed E-state index contributed by atoms with van der Waals surface area (Å²) < 4.78 is 28.8. The molecule has 0 aliphatic heterocycles. The number of aromatic nitrogens is 6. The van der Waals surface area contributed by atoms with Gasteiger partial charge < -0.3 is 10.6 Å². The van der Waals surface area contributed by atoms with Gasteiger partial charge in [0.15, 0.2) is 5.65 Å². The Labute approximate surface area is 169 Å². The Bertz CT molecular complexity index is 1230. The van der Waals surface area contributed by atoms with Gasteiger partial charge in [-0.2, -0.15) is 13.9 Å². The highest BCUT2D eigenvalue weighted by molar-refractivity contribution is 5.89. The number of nitrogens with one attached hydrogen (secondary N) is 2. The molecular formula is C19H16F2N8O. The molecule has 4 aromatic heterocycles. The van der Waals surface area contributed by atoms with E-state index in [1.165, 1.54) is 25.4 Å². The first kappa shape index (κ1) is 19.3. The van der Waals surface area contributed by atoms with E-state index in [1.807, 2.05) is 0 Å². The molecule has 0 saturated heterocycles. The second kappa shape index (κ2) is 7.43. The fraction of sp³-hybridized carbons (Fsp3) is 0.158. The van der Waals surface area contributed by atoms with Crippen LogP contribution in [0.2, 0.25) is 0 Å². The van der Waals surface area contributed by atoms with Crippen LogP contribution >= 0.6 is 0 Å². The number of anilines is 3. The number of carbonyl (C=O) groups excluding carboxylic acids is 1. The monoisotopic (exact) mass is 410 g/mol. The van der Waals surface area contributed by atoms with Gasteiger partial charge in [0.2, 0.25) is 11.7 Å². The number of fused-ring (bicyclic) bond motifs is 1. The lowest BCUT2D eigenvalue weighted by Crippen LogP contribution is -2.13. The predicted octanol–water partition coefficient (Wildman–Crippen LogP) is 3.40. The molecule has 0 aromatic carbocycles. The zero-order chi connectivity index (χ0) is 21.3. The zero-order valence-electron chi connectivity index (χ0n) is 16.0. The largest absolute Gasteiger partial charge is 0.339 e. The quantitative estimate of drug-likeness (QED) is 0.519. The van der Waals surface area contributed by atoms with Crippen LogP contribution in [-0.4, -0.2) is 35.5 Å². The number of alkyl halides is 2. The summed E-state index contributed by atoms with van der Waals surface area (Å²) in [5.41, 5.74) is 2.24. The van der Waals surface area contributed by atoms with E-state index < -0.39 is 11.7 Å². The molecule has 0 saturated carbocycles. The Morgan fingerprint density at radius 3 is 2.70 bits per heavy atom. The van der Waals surface area contributed by atoms with Crippen molar-refractivity contribution in [1.29, 1.82) is 0 Å². The van der Waals surface area contributed by atoms with Crippen LogP contribution in [0.25, 0.3) is 16.9 Å². The Balaban J connectivity index is 1.78. The molecule has 152 valence electrons. The third-order valence-electron chi connectivity index (χ3n) is 4.05. The van der Waals surface area contributed by atoms with Crippen molar-refractivity contribution in [1.82, 2.24) is 29.5 Å². The van der Waals surface area contributed by atoms with Crippen molar-refractivity contribution in [2.45, 2.75) is 19.8 Å². The topological polar surface area (TPSA) is 110 Å². The summed E-state index contributed by atoms with van der Waals surface area (Å²) in [6.07, 6.45) is 6.13. The van der Waals surface area contributed by atoms with Crippen LogP contribution in [0.15, 0.2) is 49.1 Å². The van der Waals surface area contributed by atoms with E-state index in [0.29, 0.717) is 22.6 Å². The third kappa shape index (κ3) is 4.04. The Morgan fingerprint density at radius 1 is 1.10 bits per heavy atom. The molecule has 2 N–H and O–H groups in total. The number of carbonyl (C=O) groups is 1. The highest BCUT2D eigenvalue weighted by atomic mass is 19.3. The van der Waals surface area contributed by atoms with Gasteiger partial charge in [0.25, 0.3) is 0 Å². The molecule has 0 fully saturated rings. The molecule has 30 heavy (non-hydrogen) atoms. The summed E-state index contributed by atoms with van der Waals surface area (Å²) in [4.78, 5) is 27.7. The fourth-order valence-electron chi connectivity index (χ4n) is 2.75. The third-order valence-corrected chi connectivity index (χ3v) is 4.05. The first-order valence-corrected chi connectivity index (χ1v) is 8.86. The number of hydrogen-bond acceptors (Lipinski definition) is 7. The molecule has 0 aliphatic rings. The van der Waals surface area contributed by atoms with Gasteiger partial charge in [0.1, 0.15) is 11.6 Å². The predicted molar refractivity (Wildman–Crippen MR) is 105 cm³/mol. The van der Waals surface area contributed by atoms with Crippen molar-refractivity contribution in [3.8, 4) is 11.3 Å². The highest BCUT2D eigenvalue weighted by Gasteiger charge is 2.28. The van der Waals surface area contributed by atoms with Gasteiger partial charge in [-0.05, 0) is 12.1 Å². The van der Waals surface area contributed by atoms with Crippen LogP contribution < -0.4 is 10.6 Å². The Morgan fingerprint density at radius 2 is 1.93 bits per heavy atom. The van der Waals surface area contributed by atoms with E-state index >= 15 is 0 Å². The SMILES string of the molecule is CC(=O)Nc1cc(Nc2ccnc(C(C)(F)F)n2)c(-c2ccn3nccc3n2)cn1. The maximum absolute atomic E-state index is 13.6. The highest BCUT2D eigenvalue weighted by Crippen LogP contribution is 2.31. The molecule has 9 nitrogen and oxygen atoms in total. The van der Waals surface area contributed by atoms with E-state index in [4.69, 9.17) is 0 Å². The summed E-state index contributed by atoms with van der Waals surface area (Å²) in [5, 5.41) is 9.70. The second-order valence-electron chi connectivity index (χ2n) is 6.52. The first-order valence-electron chi connectivity index (χ1n) is 8.86. The molecule has 0 spiro atoms. The van der Waals surface area contributed by atoms with Gasteiger partial charge in [-0.1, -0.05) is 0 Å². The number of amides is 1. The van der Waals surface area contributed by atoms with Crippen LogP contribution in [0.5, 0.6) is 0 Å². The van der Waals surface area contributed by atoms with E-state index in [-0.39, 0.29) is 17.5 Å². The van der Waals surface area contributed by atoms with Crippen molar-refractivity contribution in [3.63, 3.8) is 0 Å². The van der Waals surface area contributed by atoms with Gasteiger partial charge in [0, 0.05) is 50.1 Å². The van der Waals surface area contributed by atoms with E-state index in [9.17, 15) is 13.6 Å². The number of rotatable bonds is 5. The minimum atomic E-state index is -3.19. The zero-order valence-corrected chi connectivity index (χ0v) is 16.0. The van der Waals surface area contributed by atoms with Gasteiger partial charge in [-0.25, -0.2) is 24.5 Å². The van der Waals surface area contributed by atoms with Gasteiger partial charge >= 0.3 is 5.92 Å². The van der Waals surface area contributed by atoms with Crippen molar-refractivity contribution in [2.24, 2.45) is 0 Å². The lowest BCUT2D eigenvalue weighted by atomic mass is 10.1. The molecule has 0 unspecified atom stereocenters. The lowest BCUT2D eigenvalue weighted by molar-refractivity contribution is -0.114. The van der Waals surface area contributed by atoms with Crippen LogP contribution in [0.4, 0.5) is 26.1 Å². The first-order chi connectivity index (χ1) is 14.3. The minimum Gasteiger partial charge on any atom is -0.339 e. The minimum absolute atomic E-state index is 0.160. The maximum Gasteiger partial charge on any atom is 0.303 e. The van der Waals surface area contributed by atoms with Crippen LogP contribution in [-0.2, 0) is 10.7 Å². The van der Waals surface area contributed by atoms with Crippen molar-refractivity contribution in [3.05, 3.63) is 54.9 Å². The smallest absolute Gasteiger partial charge is 0.303 e. The number of pyridine rings is 1. The van der Waals surface area contributed by atoms with Crippen LogP contribution in [0.1, 0.15) is 19.7 Å². The molecule has 4 heterocycles. The van der Waals surface area contributed by atoms with Crippen molar-refractivity contribution in [2.75, 3.05) is 10.6 Å². The molecule has 11 heteroatoms. The summed E-state index contributed by atoms with van der Waals surface area (Å²) in [7, 11) is 0. The summed E-state index contributed by atoms with van der Waals surface area (Å²) in [5.74, 6) is -3.64. The summed E-state index contributed by atoms with van der Waals surface area (Å²) in [6.45, 7) is 2.08. The molecular weight excluding hydrogens is 394 g/mol. The summed E-state index contributed by atoms with van der Waals surface area (Å²) in [6, 6.07) is 6.53. The summed E-state index contributed by atoms with van der Waals surface area (Å²) >= 11 is 0. The van der Waals surface area contributed by atoms with Gasteiger partial charge in [-0.3, -0.25) is 4.79 Å². The molecule has 0 radical (unpaired) electrons. The number of nitrogens with zero attached hydrogens (tertiary/aromatic N) is 6. The lowest BCUT2D eigenvalue weighted by Gasteiger charge is -2.14. The van der Waals surface area contributed by atoms with Gasteiger partial charge in [0.05, 0.1) is 17.6 Å². The molecule has 0 aliphatic carbocycles. The standard InChI is InChI=1S/C19H16F2N8O/c1-11(30)25-16-9-14(26-15-3-6-22-18(28-15)19(2,20)21)12(10-23-16)13-5-8-29-17(27-13)4-7-24-29/h3-10H,1-2H3,(H2,22,23,25,26,28,30). The molecule has 0 atom stereocenters. The Kier molecular flexibility index (Phi) is 4.78. The van der Waals surface area contributed by atoms with Crippen LogP contribution in [0, 0.1) is 0 Å². The van der Waals surface area contributed by atoms with Crippen molar-refractivity contribution < 1.29 is 13.6 Å². The molecule has 4 rings (SSSR count). The molecule has 1 amide bonds. The van der Waals surface area contributed by atoms with E-state index in [1.54, 1.807) is 35.1 Å². The maximum atomic E-state index is 13.6. The number of hydrogen-bond donors (Lipinski definition) is 2. The van der Waals surface area contributed by atoms with E-state index in [0.717, 1.165) is 6.92 Å². The van der Waals surface area contributed by atoms with Crippen LogP contribution in [0.3, 0.4) is 0 Å². The van der Waals surface area contributed by atoms with E-state index in [2.05, 4.69) is 35.7 Å². The van der Waals surface area contributed by atoms with Crippen molar-refractivity contribution >= 4 is 28.9 Å². The molecule has 4 aromatic rings. The second-order valence-corrected chi connectivity index (χ2v) is 6.52. The average Bonchev–Trinajstić information content (AvgIpc) is 3.15. The number of halogens is 2.